The van der Waals surface area contributed by atoms with Crippen LogP contribution < -0.4 is 10.6 Å². The number of nitrogens with two attached hydrogens (primary N) is 1. The predicted octanol–water partition coefficient (Wildman–Crippen LogP) is 2.88. The third-order valence-corrected chi connectivity index (χ3v) is 4.33. The van der Waals surface area contributed by atoms with Gasteiger partial charge in [-0.2, -0.15) is 5.26 Å². The molecule has 0 radical (unpaired) electrons. The standard InChI is InChI=1S/C17H19N3/c1-12-11-20(9-8-16(12)19)17-7-6-13(10-18)14-4-2-3-5-15(14)17/h2-7,12,16H,8-9,11,19H2,1H3. The van der Waals surface area contributed by atoms with Crippen molar-refractivity contribution in [2.45, 2.75) is 19.4 Å². The number of benzene rings is 2. The SMILES string of the molecule is CC1CN(c2ccc(C#N)c3ccccc23)CCC1N. The minimum atomic E-state index is 0.302. The molecule has 1 fully saturated rings. The second kappa shape index (κ2) is 5.15. The normalized spacial score (nSPS) is 22.8. The summed E-state index contributed by atoms with van der Waals surface area (Å²) in [5.74, 6) is 0.498. The lowest BCUT2D eigenvalue weighted by Gasteiger charge is -2.37. The van der Waals surface area contributed by atoms with E-state index in [0.29, 0.717) is 12.0 Å². The molecule has 1 heterocycles. The number of hydrogen-bond donors (Lipinski definition) is 1. The lowest BCUT2D eigenvalue weighted by atomic mass is 9.93. The first kappa shape index (κ1) is 13.0. The van der Waals surface area contributed by atoms with Crippen molar-refractivity contribution in [1.82, 2.24) is 0 Å². The Morgan fingerprint density at radius 3 is 2.65 bits per heavy atom. The Kier molecular flexibility index (Phi) is 3.33. The van der Waals surface area contributed by atoms with Gasteiger partial charge in [-0.3, -0.25) is 0 Å². The smallest absolute Gasteiger partial charge is 0.0998 e. The number of nitriles is 1. The van der Waals surface area contributed by atoms with Crippen LogP contribution in [0.2, 0.25) is 0 Å². The first-order valence-electron chi connectivity index (χ1n) is 7.13. The van der Waals surface area contributed by atoms with Gasteiger partial charge >= 0.3 is 0 Å². The van der Waals surface area contributed by atoms with Crippen LogP contribution in [0.1, 0.15) is 18.9 Å². The molecule has 2 aromatic rings. The molecule has 3 heteroatoms. The topological polar surface area (TPSA) is 53.0 Å². The van der Waals surface area contributed by atoms with Crippen LogP contribution in [0.4, 0.5) is 5.69 Å². The van der Waals surface area contributed by atoms with Crippen LogP contribution in [0.3, 0.4) is 0 Å². The number of fused-ring (bicyclic) bond motifs is 1. The number of hydrogen-bond acceptors (Lipinski definition) is 3. The summed E-state index contributed by atoms with van der Waals surface area (Å²) in [5.41, 5.74) is 8.07. The van der Waals surface area contributed by atoms with Crippen LogP contribution in [-0.2, 0) is 0 Å². The monoisotopic (exact) mass is 265 g/mol. The van der Waals surface area contributed by atoms with E-state index in [1.807, 2.05) is 24.3 Å². The first-order chi connectivity index (χ1) is 9.70. The van der Waals surface area contributed by atoms with Gasteiger partial charge in [-0.05, 0) is 24.5 Å². The molecule has 1 saturated heterocycles. The van der Waals surface area contributed by atoms with Crippen LogP contribution in [0.25, 0.3) is 10.8 Å². The molecule has 20 heavy (non-hydrogen) atoms. The molecule has 0 bridgehead atoms. The van der Waals surface area contributed by atoms with E-state index in [0.717, 1.165) is 35.8 Å². The summed E-state index contributed by atoms with van der Waals surface area (Å²) in [6.45, 7) is 4.18. The van der Waals surface area contributed by atoms with E-state index in [9.17, 15) is 5.26 Å². The highest BCUT2D eigenvalue weighted by atomic mass is 15.1. The zero-order chi connectivity index (χ0) is 14.1. The van der Waals surface area contributed by atoms with Crippen molar-refractivity contribution in [2.75, 3.05) is 18.0 Å². The zero-order valence-electron chi connectivity index (χ0n) is 11.7. The van der Waals surface area contributed by atoms with Gasteiger partial charge in [-0.25, -0.2) is 0 Å². The molecule has 2 unspecified atom stereocenters. The number of nitrogens with zero attached hydrogens (tertiary/aromatic N) is 2. The fraction of sp³-hybridized carbons (Fsp3) is 0.353. The van der Waals surface area contributed by atoms with E-state index < -0.39 is 0 Å². The highest BCUT2D eigenvalue weighted by molar-refractivity contribution is 5.97. The molecule has 1 aliphatic heterocycles. The van der Waals surface area contributed by atoms with Gasteiger partial charge in [-0.15, -0.1) is 0 Å². The molecule has 3 rings (SSSR count). The van der Waals surface area contributed by atoms with Crippen molar-refractivity contribution in [2.24, 2.45) is 11.7 Å². The maximum absolute atomic E-state index is 9.23. The van der Waals surface area contributed by atoms with Crippen LogP contribution in [-0.4, -0.2) is 19.1 Å². The van der Waals surface area contributed by atoms with Gasteiger partial charge in [0, 0.05) is 35.6 Å². The number of anilines is 1. The van der Waals surface area contributed by atoms with Gasteiger partial charge in [0.2, 0.25) is 0 Å². The van der Waals surface area contributed by atoms with Crippen molar-refractivity contribution in [3.8, 4) is 6.07 Å². The molecule has 0 spiro atoms. The largest absolute Gasteiger partial charge is 0.371 e. The lowest BCUT2D eigenvalue weighted by Crippen LogP contribution is -2.46. The highest BCUT2D eigenvalue weighted by Crippen LogP contribution is 2.31. The van der Waals surface area contributed by atoms with Gasteiger partial charge in [0.1, 0.15) is 0 Å². The number of piperidine rings is 1. The Labute approximate surface area is 119 Å². The first-order valence-corrected chi connectivity index (χ1v) is 7.13. The quantitative estimate of drug-likeness (QED) is 0.862. The average Bonchev–Trinajstić information content (AvgIpc) is 2.49. The molecule has 102 valence electrons. The summed E-state index contributed by atoms with van der Waals surface area (Å²) >= 11 is 0. The Bertz CT molecular complexity index is 671. The average molecular weight is 265 g/mol. The Morgan fingerprint density at radius 2 is 1.95 bits per heavy atom. The van der Waals surface area contributed by atoms with E-state index in [1.54, 1.807) is 0 Å². The predicted molar refractivity (Wildman–Crippen MR) is 82.6 cm³/mol. The summed E-state index contributed by atoms with van der Waals surface area (Å²) < 4.78 is 0. The van der Waals surface area contributed by atoms with Crippen LogP contribution in [0, 0.1) is 17.2 Å². The minimum absolute atomic E-state index is 0.302. The maximum Gasteiger partial charge on any atom is 0.0998 e. The van der Waals surface area contributed by atoms with Gasteiger partial charge in [0.25, 0.3) is 0 Å². The van der Waals surface area contributed by atoms with Gasteiger partial charge in [0.05, 0.1) is 11.6 Å². The van der Waals surface area contributed by atoms with E-state index in [2.05, 4.69) is 30.0 Å². The highest BCUT2D eigenvalue weighted by Gasteiger charge is 2.24. The third-order valence-electron chi connectivity index (χ3n) is 4.33. The summed E-state index contributed by atoms with van der Waals surface area (Å²) in [7, 11) is 0. The van der Waals surface area contributed by atoms with Gasteiger partial charge < -0.3 is 10.6 Å². The second-order valence-corrected chi connectivity index (χ2v) is 5.67. The summed E-state index contributed by atoms with van der Waals surface area (Å²) in [5, 5.41) is 11.4. The van der Waals surface area contributed by atoms with Crippen molar-refractivity contribution < 1.29 is 0 Å². The third kappa shape index (κ3) is 2.13. The van der Waals surface area contributed by atoms with Crippen molar-refractivity contribution in [1.29, 1.82) is 5.26 Å². The Morgan fingerprint density at radius 1 is 1.20 bits per heavy atom. The molecular weight excluding hydrogens is 246 g/mol. The van der Waals surface area contributed by atoms with Crippen LogP contribution in [0.5, 0.6) is 0 Å². The van der Waals surface area contributed by atoms with Crippen molar-refractivity contribution in [3.05, 3.63) is 42.0 Å². The summed E-state index contributed by atoms with van der Waals surface area (Å²) in [6, 6.07) is 14.7. The van der Waals surface area contributed by atoms with Gasteiger partial charge in [0.15, 0.2) is 0 Å². The summed E-state index contributed by atoms with van der Waals surface area (Å²) in [4.78, 5) is 2.40. The van der Waals surface area contributed by atoms with E-state index in [-0.39, 0.29) is 0 Å². The molecular formula is C17H19N3. The molecule has 2 N–H and O–H groups in total. The van der Waals surface area contributed by atoms with Crippen molar-refractivity contribution in [3.63, 3.8) is 0 Å². The fourth-order valence-electron chi connectivity index (χ4n) is 3.04. The lowest BCUT2D eigenvalue weighted by molar-refractivity contribution is 0.383. The molecule has 0 aromatic heterocycles. The zero-order valence-corrected chi connectivity index (χ0v) is 11.7. The molecule has 0 amide bonds. The molecule has 2 atom stereocenters. The molecule has 2 aromatic carbocycles. The fourth-order valence-corrected chi connectivity index (χ4v) is 3.04. The molecule has 0 aliphatic carbocycles. The van der Waals surface area contributed by atoms with Crippen molar-refractivity contribution >= 4 is 16.5 Å². The Balaban J connectivity index is 2.07. The van der Waals surface area contributed by atoms with Gasteiger partial charge in [-0.1, -0.05) is 31.2 Å². The second-order valence-electron chi connectivity index (χ2n) is 5.67. The Hall–Kier alpha value is -2.05. The molecule has 3 nitrogen and oxygen atoms in total. The molecule has 1 aliphatic rings. The molecule has 0 saturated carbocycles. The minimum Gasteiger partial charge on any atom is -0.371 e. The van der Waals surface area contributed by atoms with E-state index in [4.69, 9.17) is 5.73 Å². The van der Waals surface area contributed by atoms with E-state index >= 15 is 0 Å². The maximum atomic E-state index is 9.23. The van der Waals surface area contributed by atoms with Crippen LogP contribution >= 0.6 is 0 Å². The summed E-state index contributed by atoms with van der Waals surface area (Å²) in [6.07, 6.45) is 1.02. The van der Waals surface area contributed by atoms with E-state index in [1.165, 1.54) is 5.69 Å². The van der Waals surface area contributed by atoms with Crippen LogP contribution in [0.15, 0.2) is 36.4 Å². The number of rotatable bonds is 1.